The van der Waals surface area contributed by atoms with Crippen LogP contribution in [0.15, 0.2) is 24.3 Å². The van der Waals surface area contributed by atoms with Crippen LogP contribution in [0.2, 0.25) is 0 Å². The van der Waals surface area contributed by atoms with E-state index in [4.69, 9.17) is 0 Å². The molecule has 0 radical (unpaired) electrons. The molecular weight excluding hydrogens is 256 g/mol. The topological polar surface area (TPSA) is 69.6 Å². The van der Waals surface area contributed by atoms with Gasteiger partial charge in [0, 0.05) is 7.05 Å². The van der Waals surface area contributed by atoms with Gasteiger partial charge in [0.2, 0.25) is 5.91 Å². The van der Waals surface area contributed by atoms with Crippen molar-refractivity contribution < 1.29 is 14.7 Å². The quantitative estimate of drug-likeness (QED) is 0.882. The van der Waals surface area contributed by atoms with E-state index in [0.717, 1.165) is 19.4 Å². The van der Waals surface area contributed by atoms with Crippen LogP contribution in [0.3, 0.4) is 0 Å². The van der Waals surface area contributed by atoms with Gasteiger partial charge in [-0.1, -0.05) is 19.1 Å². The van der Waals surface area contributed by atoms with Crippen LogP contribution in [0.25, 0.3) is 0 Å². The molecule has 5 heteroatoms. The first-order valence-corrected chi connectivity index (χ1v) is 6.84. The number of likely N-dealkylation sites (N-methyl/N-ethyl adjacent to an activating group) is 1. The van der Waals surface area contributed by atoms with E-state index < -0.39 is 5.97 Å². The summed E-state index contributed by atoms with van der Waals surface area (Å²) in [5.41, 5.74) is 0.581. The van der Waals surface area contributed by atoms with Crippen LogP contribution >= 0.6 is 0 Å². The Bertz CT molecular complexity index is 516. The molecule has 2 unspecified atom stereocenters. The molecule has 2 atom stereocenters. The largest absolute Gasteiger partial charge is 0.478 e. The Morgan fingerprint density at radius 3 is 2.70 bits per heavy atom. The molecule has 0 bridgehead atoms. The smallest absolute Gasteiger partial charge is 0.337 e. The first-order valence-electron chi connectivity index (χ1n) is 6.84. The minimum atomic E-state index is -1.02. The number of nitrogens with zero attached hydrogens (tertiary/aromatic N) is 1. The van der Waals surface area contributed by atoms with Gasteiger partial charge in [0.25, 0.3) is 0 Å². The van der Waals surface area contributed by atoms with E-state index >= 15 is 0 Å². The summed E-state index contributed by atoms with van der Waals surface area (Å²) in [7, 11) is 1.63. The highest BCUT2D eigenvalue weighted by molar-refractivity contribution is 6.03. The van der Waals surface area contributed by atoms with E-state index in [1.165, 1.54) is 11.0 Å². The van der Waals surface area contributed by atoms with Crippen molar-refractivity contribution >= 4 is 17.6 Å². The predicted octanol–water partition coefficient (Wildman–Crippen LogP) is 1.74. The van der Waals surface area contributed by atoms with Crippen LogP contribution in [0.1, 0.15) is 30.1 Å². The summed E-state index contributed by atoms with van der Waals surface area (Å²) < 4.78 is 0. The molecule has 2 rings (SSSR count). The van der Waals surface area contributed by atoms with Gasteiger partial charge >= 0.3 is 5.97 Å². The van der Waals surface area contributed by atoms with Gasteiger partial charge in [-0.05, 0) is 37.4 Å². The lowest BCUT2D eigenvalue weighted by Crippen LogP contribution is -2.49. The van der Waals surface area contributed by atoms with Crippen LogP contribution in [-0.4, -0.2) is 36.6 Å². The number of carbonyl (C=O) groups is 2. The van der Waals surface area contributed by atoms with E-state index in [0.29, 0.717) is 11.6 Å². The molecule has 1 heterocycles. The highest BCUT2D eigenvalue weighted by atomic mass is 16.4. The van der Waals surface area contributed by atoms with Crippen molar-refractivity contribution in [2.75, 3.05) is 18.5 Å². The fourth-order valence-electron chi connectivity index (χ4n) is 2.60. The van der Waals surface area contributed by atoms with Gasteiger partial charge < -0.3 is 15.3 Å². The molecule has 2 N–H and O–H groups in total. The van der Waals surface area contributed by atoms with Crippen LogP contribution in [0.5, 0.6) is 0 Å². The molecule has 20 heavy (non-hydrogen) atoms. The minimum Gasteiger partial charge on any atom is -0.478 e. The summed E-state index contributed by atoms with van der Waals surface area (Å²) >= 11 is 0. The summed E-state index contributed by atoms with van der Waals surface area (Å²) in [6, 6.07) is 6.34. The number of piperidine rings is 1. The molecule has 5 nitrogen and oxygen atoms in total. The number of anilines is 1. The van der Waals surface area contributed by atoms with Crippen molar-refractivity contribution in [3.8, 4) is 0 Å². The summed E-state index contributed by atoms with van der Waals surface area (Å²) in [4.78, 5) is 25.2. The van der Waals surface area contributed by atoms with Crippen LogP contribution < -0.4 is 10.2 Å². The lowest BCUT2D eigenvalue weighted by Gasteiger charge is -2.31. The summed E-state index contributed by atoms with van der Waals surface area (Å²) in [6.07, 6.45) is 1.86. The molecule has 1 aliphatic rings. The number of nitrogens with one attached hydrogen (secondary N) is 1. The van der Waals surface area contributed by atoms with E-state index in [1.807, 2.05) is 0 Å². The zero-order valence-corrected chi connectivity index (χ0v) is 11.8. The van der Waals surface area contributed by atoms with Gasteiger partial charge in [-0.2, -0.15) is 0 Å². The second kappa shape index (κ2) is 6.05. The molecule has 0 aliphatic carbocycles. The maximum Gasteiger partial charge on any atom is 0.337 e. The molecule has 1 aromatic carbocycles. The van der Waals surface area contributed by atoms with Gasteiger partial charge in [-0.15, -0.1) is 0 Å². The third kappa shape index (κ3) is 2.99. The normalized spacial score (nSPS) is 22.3. The molecule has 108 valence electrons. The molecular formula is C15H20N2O3. The first-order chi connectivity index (χ1) is 9.50. The van der Waals surface area contributed by atoms with Gasteiger partial charge in [-0.3, -0.25) is 4.79 Å². The van der Waals surface area contributed by atoms with Gasteiger partial charge in [-0.25, -0.2) is 4.79 Å². The number of benzene rings is 1. The lowest BCUT2D eigenvalue weighted by atomic mass is 9.93. The molecule has 1 amide bonds. The fraction of sp³-hybridized carbons (Fsp3) is 0.467. The molecule has 1 aromatic rings. The molecule has 1 aliphatic heterocycles. The summed E-state index contributed by atoms with van der Waals surface area (Å²) in [5.74, 6) is -0.594. The van der Waals surface area contributed by atoms with Gasteiger partial charge in [0.15, 0.2) is 0 Å². The first kappa shape index (κ1) is 14.5. The molecule has 0 saturated carbocycles. The summed E-state index contributed by atoms with van der Waals surface area (Å²) in [6.45, 7) is 2.96. The number of hydrogen-bond acceptors (Lipinski definition) is 3. The van der Waals surface area contributed by atoms with E-state index in [2.05, 4.69) is 12.2 Å². The van der Waals surface area contributed by atoms with E-state index in [-0.39, 0.29) is 17.5 Å². The predicted molar refractivity (Wildman–Crippen MR) is 77.0 cm³/mol. The Labute approximate surface area is 118 Å². The van der Waals surface area contributed by atoms with Crippen molar-refractivity contribution in [3.63, 3.8) is 0 Å². The fourth-order valence-corrected chi connectivity index (χ4v) is 2.60. The maximum atomic E-state index is 12.5. The Hall–Kier alpha value is -1.88. The summed E-state index contributed by atoms with van der Waals surface area (Å²) in [5, 5.41) is 12.4. The van der Waals surface area contributed by atoms with Crippen LogP contribution in [-0.2, 0) is 4.79 Å². The average molecular weight is 276 g/mol. The Morgan fingerprint density at radius 2 is 2.05 bits per heavy atom. The maximum absolute atomic E-state index is 12.5. The molecule has 0 spiro atoms. The van der Waals surface area contributed by atoms with Crippen molar-refractivity contribution in [1.29, 1.82) is 0 Å². The number of aromatic carboxylic acids is 1. The number of carbonyl (C=O) groups excluding carboxylic acids is 1. The minimum absolute atomic E-state index is 0.0785. The lowest BCUT2D eigenvalue weighted by molar-refractivity contribution is -0.121. The third-order valence-corrected chi connectivity index (χ3v) is 3.79. The second-order valence-electron chi connectivity index (χ2n) is 5.36. The molecule has 0 aromatic heterocycles. The number of carboxylic acid groups (broad SMARTS) is 1. The van der Waals surface area contributed by atoms with Crippen molar-refractivity contribution in [2.45, 2.75) is 25.8 Å². The third-order valence-electron chi connectivity index (χ3n) is 3.79. The number of rotatable bonds is 3. The van der Waals surface area contributed by atoms with Crippen molar-refractivity contribution in [2.24, 2.45) is 5.92 Å². The standard InChI is InChI=1S/C15H20N2O3/c1-10-7-8-16-12(9-10)14(18)17(2)13-6-4-3-5-11(13)15(19)20/h3-6,10,12,16H,7-9H2,1-2H3,(H,19,20). The van der Waals surface area contributed by atoms with Crippen LogP contribution in [0.4, 0.5) is 5.69 Å². The monoisotopic (exact) mass is 276 g/mol. The number of hydrogen-bond donors (Lipinski definition) is 2. The molecule has 1 fully saturated rings. The van der Waals surface area contributed by atoms with Gasteiger partial charge in [0.1, 0.15) is 0 Å². The van der Waals surface area contributed by atoms with Gasteiger partial charge in [0.05, 0.1) is 17.3 Å². The zero-order chi connectivity index (χ0) is 14.7. The molecule has 1 saturated heterocycles. The highest BCUT2D eigenvalue weighted by Crippen LogP contribution is 2.22. The SMILES string of the molecule is CC1CCNC(C(=O)N(C)c2ccccc2C(=O)O)C1. The number of para-hydroxylation sites is 1. The Morgan fingerprint density at radius 1 is 1.35 bits per heavy atom. The average Bonchev–Trinajstić information content (AvgIpc) is 2.45. The number of carboxylic acids is 1. The van der Waals surface area contributed by atoms with E-state index in [1.54, 1.807) is 25.2 Å². The Balaban J connectivity index is 2.20. The van der Waals surface area contributed by atoms with Crippen LogP contribution in [0, 0.1) is 5.92 Å². The number of amides is 1. The Kier molecular flexibility index (Phi) is 4.39. The van der Waals surface area contributed by atoms with Crippen molar-refractivity contribution in [3.05, 3.63) is 29.8 Å². The second-order valence-corrected chi connectivity index (χ2v) is 5.36. The van der Waals surface area contributed by atoms with E-state index in [9.17, 15) is 14.7 Å². The highest BCUT2D eigenvalue weighted by Gasteiger charge is 2.28. The van der Waals surface area contributed by atoms with Crippen molar-refractivity contribution in [1.82, 2.24) is 5.32 Å². The zero-order valence-electron chi connectivity index (χ0n) is 11.8.